The third-order valence-electron chi connectivity index (χ3n) is 5.22. The second-order valence-corrected chi connectivity index (χ2v) is 9.80. The van der Waals surface area contributed by atoms with Crippen molar-refractivity contribution in [1.29, 1.82) is 0 Å². The molecule has 1 aliphatic heterocycles. The van der Waals surface area contributed by atoms with Crippen LogP contribution in [0.4, 0.5) is 0 Å². The van der Waals surface area contributed by atoms with E-state index in [1.54, 1.807) is 19.1 Å². The normalized spacial score (nSPS) is 18.1. The van der Waals surface area contributed by atoms with Gasteiger partial charge >= 0.3 is 0 Å². The number of carbonyl (C=O) groups is 1. The first-order valence-corrected chi connectivity index (χ1v) is 11.4. The number of rotatable bonds is 8. The zero-order chi connectivity index (χ0) is 21.0. The van der Waals surface area contributed by atoms with Gasteiger partial charge in [-0.25, -0.2) is 8.42 Å². The molecule has 0 spiro atoms. The number of sulfone groups is 1. The minimum atomic E-state index is -3.05. The predicted octanol–water partition coefficient (Wildman–Crippen LogP) is 2.24. The topological polar surface area (TPSA) is 80.1 Å². The molecule has 1 saturated heterocycles. The molecule has 1 atom stereocenters. The molecule has 0 radical (unpaired) electrons. The van der Waals surface area contributed by atoms with Gasteiger partial charge in [0.05, 0.1) is 31.7 Å². The fourth-order valence-electron chi connectivity index (χ4n) is 3.53. The second kappa shape index (κ2) is 9.00. The number of carbonyl (C=O) groups excluding carboxylic acids is 1. The predicted molar refractivity (Wildman–Crippen MR) is 110 cm³/mol. The van der Waals surface area contributed by atoms with Gasteiger partial charge in [-0.05, 0) is 43.2 Å². The fraction of sp³-hybridized carbons (Fsp3) is 0.476. The van der Waals surface area contributed by atoms with E-state index in [9.17, 15) is 13.2 Å². The maximum absolute atomic E-state index is 12.8. The van der Waals surface area contributed by atoms with E-state index in [0.717, 1.165) is 22.8 Å². The Morgan fingerprint density at radius 3 is 2.45 bits per heavy atom. The summed E-state index contributed by atoms with van der Waals surface area (Å²) in [4.78, 5) is 16.4. The molecule has 1 unspecified atom stereocenters. The Hall–Kier alpha value is -2.32. The molecule has 0 bridgehead atoms. The van der Waals surface area contributed by atoms with Crippen molar-refractivity contribution in [3.8, 4) is 5.75 Å². The van der Waals surface area contributed by atoms with Gasteiger partial charge in [-0.3, -0.25) is 9.69 Å². The number of ether oxygens (including phenoxy) is 1. The first kappa shape index (κ1) is 21.4. The van der Waals surface area contributed by atoms with Gasteiger partial charge in [-0.2, -0.15) is 0 Å². The van der Waals surface area contributed by atoms with Crippen molar-refractivity contribution in [3.63, 3.8) is 0 Å². The molecular formula is C21H28N2O5S. The third kappa shape index (κ3) is 5.83. The standard InChI is InChI=1S/C21H28N2O5S/c1-16-4-7-20(28-16)13-22(2)21(24)14-23(18-10-11-29(25,26)15-18)12-17-5-8-19(27-3)9-6-17/h4-9,18H,10-15H2,1-3H3. The van der Waals surface area contributed by atoms with Crippen LogP contribution in [-0.4, -0.2) is 62.4 Å². The molecule has 1 amide bonds. The largest absolute Gasteiger partial charge is 0.497 e. The number of hydrogen-bond acceptors (Lipinski definition) is 6. The van der Waals surface area contributed by atoms with E-state index in [2.05, 4.69) is 0 Å². The van der Waals surface area contributed by atoms with Gasteiger partial charge < -0.3 is 14.1 Å². The molecule has 0 aliphatic carbocycles. The highest BCUT2D eigenvalue weighted by Crippen LogP contribution is 2.21. The minimum Gasteiger partial charge on any atom is -0.497 e. The summed E-state index contributed by atoms with van der Waals surface area (Å²) in [6.45, 7) is 2.90. The van der Waals surface area contributed by atoms with Crippen LogP contribution in [0.5, 0.6) is 5.75 Å². The lowest BCUT2D eigenvalue weighted by atomic mass is 10.1. The third-order valence-corrected chi connectivity index (χ3v) is 6.97. The van der Waals surface area contributed by atoms with Crippen molar-refractivity contribution < 1.29 is 22.4 Å². The lowest BCUT2D eigenvalue weighted by Crippen LogP contribution is -2.43. The molecule has 1 aromatic carbocycles. The molecule has 29 heavy (non-hydrogen) atoms. The maximum atomic E-state index is 12.8. The Morgan fingerprint density at radius 1 is 1.17 bits per heavy atom. The van der Waals surface area contributed by atoms with Crippen molar-refractivity contribution in [3.05, 3.63) is 53.5 Å². The van der Waals surface area contributed by atoms with Crippen LogP contribution >= 0.6 is 0 Å². The van der Waals surface area contributed by atoms with Gasteiger partial charge in [0.25, 0.3) is 0 Å². The molecule has 2 aromatic rings. The lowest BCUT2D eigenvalue weighted by Gasteiger charge is -2.29. The summed E-state index contributed by atoms with van der Waals surface area (Å²) in [7, 11) is 0.297. The van der Waals surface area contributed by atoms with Gasteiger partial charge in [0.15, 0.2) is 9.84 Å². The smallest absolute Gasteiger partial charge is 0.236 e. The number of amides is 1. The first-order chi connectivity index (χ1) is 13.8. The van der Waals surface area contributed by atoms with Crippen molar-refractivity contribution in [2.75, 3.05) is 32.2 Å². The monoisotopic (exact) mass is 420 g/mol. The van der Waals surface area contributed by atoms with E-state index in [-0.39, 0.29) is 30.0 Å². The van der Waals surface area contributed by atoms with Crippen LogP contribution in [0.3, 0.4) is 0 Å². The number of methoxy groups -OCH3 is 1. The van der Waals surface area contributed by atoms with E-state index in [4.69, 9.17) is 9.15 Å². The van der Waals surface area contributed by atoms with Crippen molar-refractivity contribution in [2.45, 2.75) is 32.5 Å². The SMILES string of the molecule is COc1ccc(CN(CC(=O)N(C)Cc2ccc(C)o2)C2CCS(=O)(=O)C2)cc1. The summed E-state index contributed by atoms with van der Waals surface area (Å²) in [5, 5.41) is 0. The zero-order valence-electron chi connectivity index (χ0n) is 17.1. The highest BCUT2D eigenvalue weighted by Gasteiger charge is 2.33. The molecular weight excluding hydrogens is 392 g/mol. The number of hydrogen-bond donors (Lipinski definition) is 0. The summed E-state index contributed by atoms with van der Waals surface area (Å²) in [5.41, 5.74) is 1.01. The van der Waals surface area contributed by atoms with Gasteiger partial charge in [0, 0.05) is 19.6 Å². The van der Waals surface area contributed by atoms with Crippen molar-refractivity contribution >= 4 is 15.7 Å². The second-order valence-electron chi connectivity index (χ2n) is 7.57. The first-order valence-electron chi connectivity index (χ1n) is 9.62. The molecule has 158 valence electrons. The quantitative estimate of drug-likeness (QED) is 0.652. The summed E-state index contributed by atoms with van der Waals surface area (Å²) in [6, 6.07) is 11.2. The Kier molecular flexibility index (Phi) is 6.64. The van der Waals surface area contributed by atoms with Crippen LogP contribution in [0.2, 0.25) is 0 Å². The maximum Gasteiger partial charge on any atom is 0.236 e. The van der Waals surface area contributed by atoms with Crippen LogP contribution in [0.1, 0.15) is 23.5 Å². The Balaban J connectivity index is 1.70. The van der Waals surface area contributed by atoms with E-state index in [0.29, 0.717) is 19.5 Å². The number of likely N-dealkylation sites (N-methyl/N-ethyl adjacent to an activating group) is 1. The van der Waals surface area contributed by atoms with Crippen molar-refractivity contribution in [2.24, 2.45) is 0 Å². The summed E-state index contributed by atoms with van der Waals surface area (Å²) >= 11 is 0. The van der Waals surface area contributed by atoms with Gasteiger partial charge in [-0.15, -0.1) is 0 Å². The molecule has 2 heterocycles. The van der Waals surface area contributed by atoms with Crippen LogP contribution < -0.4 is 4.74 Å². The molecule has 1 fully saturated rings. The Bertz CT molecular complexity index is 936. The molecule has 3 rings (SSSR count). The molecule has 7 nitrogen and oxygen atoms in total. The van der Waals surface area contributed by atoms with E-state index in [1.165, 1.54) is 0 Å². The lowest BCUT2D eigenvalue weighted by molar-refractivity contribution is -0.132. The fourth-order valence-corrected chi connectivity index (χ4v) is 5.29. The number of nitrogens with zero attached hydrogens (tertiary/aromatic N) is 2. The highest BCUT2D eigenvalue weighted by molar-refractivity contribution is 7.91. The number of aryl methyl sites for hydroxylation is 1. The van der Waals surface area contributed by atoms with Crippen LogP contribution in [0.25, 0.3) is 0 Å². The van der Waals surface area contributed by atoms with Crippen LogP contribution in [0, 0.1) is 6.92 Å². The highest BCUT2D eigenvalue weighted by atomic mass is 32.2. The zero-order valence-corrected chi connectivity index (χ0v) is 17.9. The van der Waals surface area contributed by atoms with E-state index in [1.807, 2.05) is 48.2 Å². The summed E-state index contributed by atoms with van der Waals surface area (Å²) in [5.74, 6) is 2.48. The molecule has 8 heteroatoms. The van der Waals surface area contributed by atoms with Gasteiger partial charge in [-0.1, -0.05) is 12.1 Å². The molecule has 0 N–H and O–H groups in total. The van der Waals surface area contributed by atoms with Crippen LogP contribution in [-0.2, 0) is 27.7 Å². The summed E-state index contributed by atoms with van der Waals surface area (Å²) < 4.78 is 34.7. The minimum absolute atomic E-state index is 0.0723. The van der Waals surface area contributed by atoms with Crippen molar-refractivity contribution in [1.82, 2.24) is 9.80 Å². The Labute approximate surface area is 172 Å². The molecule has 1 aromatic heterocycles. The van der Waals surface area contributed by atoms with E-state index >= 15 is 0 Å². The summed E-state index contributed by atoms with van der Waals surface area (Å²) in [6.07, 6.45) is 0.548. The molecule has 0 saturated carbocycles. The molecule has 1 aliphatic rings. The van der Waals surface area contributed by atoms with Gasteiger partial charge in [0.1, 0.15) is 17.3 Å². The number of benzene rings is 1. The average Bonchev–Trinajstić information content (AvgIpc) is 3.26. The van der Waals surface area contributed by atoms with Crippen LogP contribution in [0.15, 0.2) is 40.8 Å². The van der Waals surface area contributed by atoms with E-state index < -0.39 is 9.84 Å². The average molecular weight is 421 g/mol. The Morgan fingerprint density at radius 2 is 1.90 bits per heavy atom. The number of furan rings is 1. The van der Waals surface area contributed by atoms with Gasteiger partial charge in [0.2, 0.25) is 5.91 Å².